The molecule has 6 rings (SSSR count). The summed E-state index contributed by atoms with van der Waals surface area (Å²) in [5.74, 6) is 0.212. The number of hydrogen-bond acceptors (Lipinski definition) is 9. The molecule has 0 amide bonds. The highest BCUT2D eigenvalue weighted by Gasteiger charge is 2.61. The SMILES string of the molecule is CN(c1nnc(-c2ccc(-c3ncn(C)c(=O)n3)cc2O)s1)[C@H]1[C@H](F)[C@@]2(C)CC[C@]1(C)CN2C. The Hall–Kier alpha value is -2.92. The number of fused-ring (bicyclic) bond motifs is 3. The number of hydrogen-bond donors (Lipinski definition) is 1. The van der Waals surface area contributed by atoms with E-state index in [9.17, 15) is 9.90 Å². The molecule has 2 aliphatic heterocycles. The van der Waals surface area contributed by atoms with Gasteiger partial charge < -0.3 is 10.0 Å². The van der Waals surface area contributed by atoms with E-state index in [0.717, 1.165) is 19.4 Å². The van der Waals surface area contributed by atoms with E-state index in [4.69, 9.17) is 0 Å². The van der Waals surface area contributed by atoms with Crippen molar-refractivity contribution in [3.63, 3.8) is 0 Å². The number of nitrogens with zero attached hydrogens (tertiary/aromatic N) is 7. The number of phenols is 1. The number of aryl methyl sites for hydroxylation is 1. The molecule has 3 fully saturated rings. The number of phenolic OH excluding ortho intramolecular Hbond substituents is 1. The standard InChI is InChI=1S/C23H28FN7O2S/c1-22-8-9-23(2,30(4)11-22)16(24)17(22)31(5)21-28-27-19(34-21)14-7-6-13(10-15(14)32)18-25-12-29(3)20(33)26-18/h6-7,10,12,16-17,32H,8-9,11H2,1-5H3/t16-,17-,22+,23+/m0/s1. The predicted octanol–water partition coefficient (Wildman–Crippen LogP) is 2.71. The van der Waals surface area contributed by atoms with Gasteiger partial charge in [0, 0.05) is 31.6 Å². The summed E-state index contributed by atoms with van der Waals surface area (Å²) in [6.07, 6.45) is 2.16. The first-order valence-corrected chi connectivity index (χ1v) is 12.0. The lowest BCUT2D eigenvalue weighted by atomic mass is 9.59. The molecule has 4 heterocycles. The van der Waals surface area contributed by atoms with Crippen LogP contribution in [0.15, 0.2) is 29.3 Å². The van der Waals surface area contributed by atoms with Crippen molar-refractivity contribution in [1.82, 2.24) is 29.6 Å². The molecule has 11 heteroatoms. The van der Waals surface area contributed by atoms with Crippen molar-refractivity contribution in [2.75, 3.05) is 25.5 Å². The van der Waals surface area contributed by atoms with Crippen LogP contribution in [0.5, 0.6) is 5.75 Å². The van der Waals surface area contributed by atoms with Crippen LogP contribution in [-0.2, 0) is 7.05 Å². The Kier molecular flexibility index (Phi) is 5.25. The van der Waals surface area contributed by atoms with Gasteiger partial charge in [0.15, 0.2) is 10.8 Å². The fourth-order valence-corrected chi connectivity index (χ4v) is 6.32. The fraction of sp³-hybridized carbons (Fsp3) is 0.522. The monoisotopic (exact) mass is 485 g/mol. The minimum Gasteiger partial charge on any atom is -0.507 e. The molecule has 3 aliphatic rings. The van der Waals surface area contributed by atoms with Crippen LogP contribution >= 0.6 is 11.3 Å². The number of aromatic hydroxyl groups is 1. The van der Waals surface area contributed by atoms with E-state index in [1.165, 1.54) is 28.3 Å². The molecule has 4 atom stereocenters. The van der Waals surface area contributed by atoms with Crippen molar-refractivity contribution in [3.05, 3.63) is 35.0 Å². The van der Waals surface area contributed by atoms with E-state index in [1.807, 2.05) is 25.9 Å². The van der Waals surface area contributed by atoms with Crippen LogP contribution in [0.2, 0.25) is 0 Å². The predicted molar refractivity (Wildman–Crippen MR) is 129 cm³/mol. The van der Waals surface area contributed by atoms with Gasteiger partial charge in [0.1, 0.15) is 18.2 Å². The number of piperidine rings is 2. The van der Waals surface area contributed by atoms with Gasteiger partial charge in [-0.05, 0) is 38.9 Å². The molecule has 180 valence electrons. The van der Waals surface area contributed by atoms with Crippen molar-refractivity contribution in [3.8, 4) is 27.7 Å². The van der Waals surface area contributed by atoms with Crippen molar-refractivity contribution >= 4 is 16.5 Å². The Morgan fingerprint density at radius 2 is 2.00 bits per heavy atom. The van der Waals surface area contributed by atoms with E-state index in [1.54, 1.807) is 19.2 Å². The molecule has 1 saturated carbocycles. The Labute approximate surface area is 200 Å². The van der Waals surface area contributed by atoms with Crippen LogP contribution < -0.4 is 10.6 Å². The summed E-state index contributed by atoms with van der Waals surface area (Å²) in [4.78, 5) is 24.0. The molecular formula is C23H28FN7O2S. The first kappa shape index (κ1) is 22.9. The van der Waals surface area contributed by atoms with Crippen LogP contribution in [0.1, 0.15) is 26.7 Å². The maximum atomic E-state index is 15.8. The number of alkyl halides is 1. The molecule has 0 radical (unpaired) electrons. The third-order valence-electron chi connectivity index (χ3n) is 7.73. The van der Waals surface area contributed by atoms with Crippen molar-refractivity contribution in [2.45, 2.75) is 44.4 Å². The highest BCUT2D eigenvalue weighted by molar-refractivity contribution is 7.18. The maximum absolute atomic E-state index is 15.8. The van der Waals surface area contributed by atoms with Crippen molar-refractivity contribution < 1.29 is 9.50 Å². The van der Waals surface area contributed by atoms with Gasteiger partial charge in [-0.25, -0.2) is 14.2 Å². The van der Waals surface area contributed by atoms with Crippen LogP contribution in [-0.4, -0.2) is 73.1 Å². The zero-order valence-electron chi connectivity index (χ0n) is 19.9. The van der Waals surface area contributed by atoms with E-state index < -0.39 is 17.4 Å². The molecule has 34 heavy (non-hydrogen) atoms. The highest BCUT2D eigenvalue weighted by Crippen LogP contribution is 2.53. The molecular weight excluding hydrogens is 457 g/mol. The smallest absolute Gasteiger partial charge is 0.350 e. The first-order valence-electron chi connectivity index (χ1n) is 11.2. The van der Waals surface area contributed by atoms with Crippen LogP contribution in [0.25, 0.3) is 22.0 Å². The number of halogens is 1. The molecule has 0 spiro atoms. The molecule has 2 aromatic heterocycles. The second-order valence-electron chi connectivity index (χ2n) is 10.0. The zero-order valence-corrected chi connectivity index (χ0v) is 20.7. The van der Waals surface area contributed by atoms with Gasteiger partial charge in [-0.3, -0.25) is 9.47 Å². The summed E-state index contributed by atoms with van der Waals surface area (Å²) in [5, 5.41) is 20.4. The zero-order chi connectivity index (χ0) is 24.4. The average Bonchev–Trinajstić information content (AvgIpc) is 3.27. The molecule has 0 unspecified atom stereocenters. The molecule has 2 saturated heterocycles. The first-order chi connectivity index (χ1) is 16.0. The van der Waals surface area contributed by atoms with E-state index in [0.29, 0.717) is 21.3 Å². The number of rotatable bonds is 4. The van der Waals surface area contributed by atoms with Crippen LogP contribution in [0, 0.1) is 5.41 Å². The normalized spacial score (nSPS) is 28.9. The Bertz CT molecular complexity index is 1310. The Balaban J connectivity index is 1.43. The second-order valence-corrected chi connectivity index (χ2v) is 11.0. The number of anilines is 1. The van der Waals surface area contributed by atoms with E-state index in [2.05, 4.69) is 32.0 Å². The van der Waals surface area contributed by atoms with Crippen LogP contribution in [0.4, 0.5) is 9.52 Å². The van der Waals surface area contributed by atoms with Gasteiger partial charge in [0.05, 0.1) is 17.1 Å². The third kappa shape index (κ3) is 3.40. The molecule has 1 N–H and O–H groups in total. The van der Waals surface area contributed by atoms with Crippen molar-refractivity contribution in [2.24, 2.45) is 12.5 Å². The Morgan fingerprint density at radius 1 is 1.24 bits per heavy atom. The van der Waals surface area contributed by atoms with Gasteiger partial charge in [-0.2, -0.15) is 4.98 Å². The lowest BCUT2D eigenvalue weighted by Gasteiger charge is -2.63. The van der Waals surface area contributed by atoms with Crippen LogP contribution in [0.3, 0.4) is 0 Å². The third-order valence-corrected chi connectivity index (χ3v) is 8.78. The van der Waals surface area contributed by atoms with Gasteiger partial charge in [0.2, 0.25) is 5.13 Å². The van der Waals surface area contributed by atoms with E-state index in [-0.39, 0.29) is 23.0 Å². The highest BCUT2D eigenvalue weighted by atomic mass is 32.1. The van der Waals surface area contributed by atoms with Gasteiger partial charge in [0.25, 0.3) is 0 Å². The van der Waals surface area contributed by atoms with Gasteiger partial charge >= 0.3 is 5.69 Å². The molecule has 1 aromatic carbocycles. The summed E-state index contributed by atoms with van der Waals surface area (Å²) in [5.41, 5.74) is -0.0853. The number of aromatic nitrogens is 5. The summed E-state index contributed by atoms with van der Waals surface area (Å²) >= 11 is 1.31. The fourth-order valence-electron chi connectivity index (χ4n) is 5.44. The largest absolute Gasteiger partial charge is 0.507 e. The lowest BCUT2D eigenvalue weighted by molar-refractivity contribution is -0.123. The van der Waals surface area contributed by atoms with E-state index >= 15 is 4.39 Å². The Morgan fingerprint density at radius 3 is 2.68 bits per heavy atom. The minimum atomic E-state index is -1.02. The number of benzene rings is 1. The summed E-state index contributed by atoms with van der Waals surface area (Å²) in [6, 6.07) is 4.62. The average molecular weight is 486 g/mol. The van der Waals surface area contributed by atoms with Gasteiger partial charge in [-0.1, -0.05) is 24.3 Å². The summed E-state index contributed by atoms with van der Waals surface area (Å²) in [7, 11) is 5.46. The second kappa shape index (κ2) is 7.81. The van der Waals surface area contributed by atoms with Gasteiger partial charge in [-0.15, -0.1) is 10.2 Å². The maximum Gasteiger partial charge on any atom is 0.350 e. The molecule has 9 nitrogen and oxygen atoms in total. The summed E-state index contributed by atoms with van der Waals surface area (Å²) < 4.78 is 17.1. The van der Waals surface area contributed by atoms with Crippen molar-refractivity contribution in [1.29, 1.82) is 0 Å². The quantitative estimate of drug-likeness (QED) is 0.602. The summed E-state index contributed by atoms with van der Waals surface area (Å²) in [6.45, 7) is 4.99. The molecule has 3 aromatic rings. The lowest BCUT2D eigenvalue weighted by Crippen LogP contribution is -2.74. The topological polar surface area (TPSA) is 100 Å². The molecule has 2 bridgehead atoms. The minimum absolute atomic E-state index is 0.0201. The molecule has 1 aliphatic carbocycles.